The van der Waals surface area contributed by atoms with Gasteiger partial charge in [0.05, 0.1) is 10.4 Å². The van der Waals surface area contributed by atoms with Crippen molar-refractivity contribution in [3.05, 3.63) is 41.1 Å². The summed E-state index contributed by atoms with van der Waals surface area (Å²) in [6, 6.07) is 7.83. The van der Waals surface area contributed by atoms with Crippen molar-refractivity contribution < 1.29 is 4.42 Å². The molecule has 1 unspecified atom stereocenters. The summed E-state index contributed by atoms with van der Waals surface area (Å²) in [5.74, 6) is 0.901. The Kier molecular flexibility index (Phi) is 2.89. The van der Waals surface area contributed by atoms with Gasteiger partial charge in [0.15, 0.2) is 5.58 Å². The Balaban J connectivity index is 2.09. The van der Waals surface area contributed by atoms with Gasteiger partial charge in [-0.3, -0.25) is 0 Å². The van der Waals surface area contributed by atoms with Crippen LogP contribution in [-0.2, 0) is 0 Å². The summed E-state index contributed by atoms with van der Waals surface area (Å²) in [7, 11) is 0. The Labute approximate surface area is 110 Å². The first-order valence-corrected chi connectivity index (χ1v) is 6.59. The molecular formula is C14H12Cl2O. The van der Waals surface area contributed by atoms with E-state index in [1.807, 2.05) is 24.3 Å². The van der Waals surface area contributed by atoms with Crippen LogP contribution < -0.4 is 0 Å². The zero-order valence-electron chi connectivity index (χ0n) is 9.25. The van der Waals surface area contributed by atoms with Gasteiger partial charge in [0.2, 0.25) is 0 Å². The second-order valence-corrected chi connectivity index (χ2v) is 5.34. The number of rotatable bonds is 1. The maximum Gasteiger partial charge on any atom is 0.153 e. The van der Waals surface area contributed by atoms with Crippen LogP contribution in [0.3, 0.4) is 0 Å². The SMILES string of the molecule is Clc1cccc2cc(C3=CC(Cl)CCC3)oc12. The highest BCUT2D eigenvalue weighted by molar-refractivity contribution is 6.34. The maximum atomic E-state index is 6.15. The lowest BCUT2D eigenvalue weighted by molar-refractivity contribution is 0.589. The van der Waals surface area contributed by atoms with E-state index in [1.54, 1.807) is 0 Å². The van der Waals surface area contributed by atoms with Gasteiger partial charge in [0.25, 0.3) is 0 Å². The molecule has 0 fully saturated rings. The van der Waals surface area contributed by atoms with Gasteiger partial charge in [0, 0.05) is 5.39 Å². The molecule has 2 aromatic rings. The molecule has 0 N–H and O–H groups in total. The standard InChI is InChI=1S/C14H12Cl2O/c15-11-5-1-3-9(7-11)13-8-10-4-2-6-12(16)14(10)17-13/h2,4,6-8,11H,1,3,5H2. The van der Waals surface area contributed by atoms with Crippen LogP contribution in [0, 0.1) is 0 Å². The van der Waals surface area contributed by atoms with Crippen LogP contribution in [-0.4, -0.2) is 5.38 Å². The van der Waals surface area contributed by atoms with Crippen molar-refractivity contribution in [3.8, 4) is 0 Å². The first-order valence-electron chi connectivity index (χ1n) is 5.77. The normalized spacial score (nSPS) is 20.6. The van der Waals surface area contributed by atoms with Crippen molar-refractivity contribution in [1.82, 2.24) is 0 Å². The molecule has 0 amide bonds. The van der Waals surface area contributed by atoms with Gasteiger partial charge in [-0.15, -0.1) is 11.6 Å². The quantitative estimate of drug-likeness (QED) is 0.642. The van der Waals surface area contributed by atoms with E-state index in [4.69, 9.17) is 27.6 Å². The Morgan fingerprint density at radius 2 is 2.18 bits per heavy atom. The van der Waals surface area contributed by atoms with Crippen molar-refractivity contribution in [3.63, 3.8) is 0 Å². The Bertz CT molecular complexity index is 583. The van der Waals surface area contributed by atoms with Crippen molar-refractivity contribution >= 4 is 39.7 Å². The summed E-state index contributed by atoms with van der Waals surface area (Å²) in [5, 5.41) is 1.83. The van der Waals surface area contributed by atoms with Crippen molar-refractivity contribution in [2.45, 2.75) is 24.6 Å². The third-order valence-electron chi connectivity index (χ3n) is 3.12. The minimum atomic E-state index is 0.127. The van der Waals surface area contributed by atoms with Crippen molar-refractivity contribution in [1.29, 1.82) is 0 Å². The highest BCUT2D eigenvalue weighted by Crippen LogP contribution is 2.34. The predicted molar refractivity (Wildman–Crippen MR) is 72.7 cm³/mol. The van der Waals surface area contributed by atoms with Gasteiger partial charge in [-0.1, -0.05) is 29.8 Å². The molecule has 1 aromatic carbocycles. The molecule has 88 valence electrons. The fourth-order valence-corrected chi connectivity index (χ4v) is 2.79. The topological polar surface area (TPSA) is 13.1 Å². The fourth-order valence-electron chi connectivity index (χ4n) is 2.26. The van der Waals surface area contributed by atoms with Gasteiger partial charge in [-0.25, -0.2) is 0 Å². The monoisotopic (exact) mass is 266 g/mol. The average Bonchev–Trinajstić information content (AvgIpc) is 2.74. The lowest BCUT2D eigenvalue weighted by Crippen LogP contribution is -2.01. The average molecular weight is 267 g/mol. The summed E-state index contributed by atoms with van der Waals surface area (Å²) >= 11 is 12.2. The van der Waals surface area contributed by atoms with E-state index >= 15 is 0 Å². The molecule has 0 bridgehead atoms. The lowest BCUT2D eigenvalue weighted by Gasteiger charge is -2.14. The number of allylic oxidation sites excluding steroid dienone is 2. The molecule has 1 nitrogen and oxygen atoms in total. The molecule has 17 heavy (non-hydrogen) atoms. The highest BCUT2D eigenvalue weighted by Gasteiger charge is 2.16. The van der Waals surface area contributed by atoms with Gasteiger partial charge in [-0.2, -0.15) is 0 Å². The minimum Gasteiger partial charge on any atom is -0.455 e. The third kappa shape index (κ3) is 2.10. The molecule has 0 spiro atoms. The van der Waals surface area contributed by atoms with E-state index < -0.39 is 0 Å². The van der Waals surface area contributed by atoms with Gasteiger partial charge in [-0.05, 0) is 37.0 Å². The number of benzene rings is 1. The number of para-hydroxylation sites is 1. The predicted octanol–water partition coefficient (Wildman–Crippen LogP) is 5.26. The van der Waals surface area contributed by atoms with E-state index in [2.05, 4.69) is 6.08 Å². The molecule has 1 aliphatic carbocycles. The molecule has 1 atom stereocenters. The molecule has 0 saturated carbocycles. The van der Waals surface area contributed by atoms with Crippen molar-refractivity contribution in [2.75, 3.05) is 0 Å². The number of halogens is 2. The summed E-state index contributed by atoms with van der Waals surface area (Å²) in [4.78, 5) is 0. The first-order chi connectivity index (χ1) is 8.24. The van der Waals surface area contributed by atoms with Gasteiger partial charge < -0.3 is 4.42 Å². The molecule has 0 saturated heterocycles. The second-order valence-electron chi connectivity index (χ2n) is 4.37. The molecule has 3 heteroatoms. The number of alkyl halides is 1. The van der Waals surface area contributed by atoms with Crippen LogP contribution >= 0.6 is 23.2 Å². The summed E-state index contributed by atoms with van der Waals surface area (Å²) in [6.07, 6.45) is 5.29. The molecule has 3 rings (SSSR count). The van der Waals surface area contributed by atoms with E-state index in [-0.39, 0.29) is 5.38 Å². The Morgan fingerprint density at radius 1 is 1.29 bits per heavy atom. The molecule has 0 radical (unpaired) electrons. The highest BCUT2D eigenvalue weighted by atomic mass is 35.5. The van der Waals surface area contributed by atoms with E-state index in [0.29, 0.717) is 5.02 Å². The van der Waals surface area contributed by atoms with Gasteiger partial charge >= 0.3 is 0 Å². The number of hydrogen-bond donors (Lipinski definition) is 0. The summed E-state index contributed by atoms with van der Waals surface area (Å²) in [5.41, 5.74) is 1.96. The molecule has 1 aromatic heterocycles. The van der Waals surface area contributed by atoms with Crippen molar-refractivity contribution in [2.24, 2.45) is 0 Å². The summed E-state index contributed by atoms with van der Waals surface area (Å²) < 4.78 is 5.83. The smallest absolute Gasteiger partial charge is 0.153 e. The Morgan fingerprint density at radius 3 is 2.94 bits per heavy atom. The second kappa shape index (κ2) is 4.40. The summed E-state index contributed by atoms with van der Waals surface area (Å²) in [6.45, 7) is 0. The number of fused-ring (bicyclic) bond motifs is 1. The molecule has 1 aliphatic rings. The minimum absolute atomic E-state index is 0.127. The number of furan rings is 1. The van der Waals surface area contributed by atoms with E-state index in [1.165, 1.54) is 5.57 Å². The van der Waals surface area contributed by atoms with Crippen LogP contribution in [0.5, 0.6) is 0 Å². The van der Waals surface area contributed by atoms with Crippen LogP contribution in [0.15, 0.2) is 34.8 Å². The van der Waals surface area contributed by atoms with Crippen LogP contribution in [0.25, 0.3) is 16.5 Å². The zero-order valence-corrected chi connectivity index (χ0v) is 10.8. The largest absolute Gasteiger partial charge is 0.455 e. The van der Waals surface area contributed by atoms with E-state index in [0.717, 1.165) is 36.0 Å². The number of hydrogen-bond acceptors (Lipinski definition) is 1. The Hall–Kier alpha value is -0.920. The molecule has 1 heterocycles. The molecular weight excluding hydrogens is 255 g/mol. The van der Waals surface area contributed by atoms with Crippen LogP contribution in [0.4, 0.5) is 0 Å². The van der Waals surface area contributed by atoms with E-state index in [9.17, 15) is 0 Å². The maximum absolute atomic E-state index is 6.15. The first kappa shape index (κ1) is 11.2. The third-order valence-corrected chi connectivity index (χ3v) is 3.76. The van der Waals surface area contributed by atoms with Crippen LogP contribution in [0.1, 0.15) is 25.0 Å². The molecule has 0 aliphatic heterocycles. The van der Waals surface area contributed by atoms with Gasteiger partial charge in [0.1, 0.15) is 5.76 Å². The fraction of sp³-hybridized carbons (Fsp3) is 0.286. The van der Waals surface area contributed by atoms with Crippen LogP contribution in [0.2, 0.25) is 5.02 Å². The lowest BCUT2D eigenvalue weighted by atomic mass is 9.97. The zero-order chi connectivity index (χ0) is 11.8.